The Bertz CT molecular complexity index is 876. The van der Waals surface area contributed by atoms with Gasteiger partial charge in [0.25, 0.3) is 5.91 Å². The van der Waals surface area contributed by atoms with E-state index in [1.54, 1.807) is 12.5 Å². The van der Waals surface area contributed by atoms with E-state index in [9.17, 15) is 4.79 Å². The Morgan fingerprint density at radius 3 is 2.71 bits per heavy atom. The van der Waals surface area contributed by atoms with E-state index in [2.05, 4.69) is 40.6 Å². The number of rotatable bonds is 5. The first-order valence-corrected chi connectivity index (χ1v) is 9.86. The van der Waals surface area contributed by atoms with E-state index >= 15 is 0 Å². The van der Waals surface area contributed by atoms with Crippen molar-refractivity contribution in [1.29, 1.82) is 0 Å². The molecule has 28 heavy (non-hydrogen) atoms. The summed E-state index contributed by atoms with van der Waals surface area (Å²) in [5.41, 5.74) is 2.02. The minimum atomic E-state index is 0.0683. The molecule has 3 aromatic rings. The van der Waals surface area contributed by atoms with E-state index in [4.69, 9.17) is 4.42 Å². The Morgan fingerprint density at radius 1 is 1.07 bits per heavy atom. The molecule has 144 valence electrons. The van der Waals surface area contributed by atoms with Crippen molar-refractivity contribution in [3.63, 3.8) is 0 Å². The molecule has 0 bridgehead atoms. The first-order valence-electron chi connectivity index (χ1n) is 9.86. The van der Waals surface area contributed by atoms with Crippen LogP contribution in [-0.4, -0.2) is 28.9 Å². The Hall–Kier alpha value is -3.08. The number of anilines is 1. The molecule has 0 aliphatic carbocycles. The van der Waals surface area contributed by atoms with Crippen molar-refractivity contribution < 1.29 is 9.21 Å². The third-order valence-corrected chi connectivity index (χ3v) is 5.32. The Kier molecular flexibility index (Phi) is 5.71. The number of aromatic nitrogens is 1. The van der Waals surface area contributed by atoms with Gasteiger partial charge in [-0.15, -0.1) is 0 Å². The zero-order chi connectivity index (χ0) is 19.2. The van der Waals surface area contributed by atoms with Gasteiger partial charge >= 0.3 is 0 Å². The third-order valence-electron chi connectivity index (χ3n) is 5.32. The highest BCUT2D eigenvalue weighted by atomic mass is 16.3. The van der Waals surface area contributed by atoms with Crippen molar-refractivity contribution in [2.45, 2.75) is 31.7 Å². The first kappa shape index (κ1) is 18.3. The fourth-order valence-corrected chi connectivity index (χ4v) is 3.76. The lowest BCUT2D eigenvalue weighted by Gasteiger charge is -2.21. The monoisotopic (exact) mass is 375 g/mol. The first-order chi connectivity index (χ1) is 13.8. The van der Waals surface area contributed by atoms with Gasteiger partial charge in [-0.05, 0) is 55.0 Å². The number of likely N-dealkylation sites (tertiary alicyclic amines) is 1. The predicted molar refractivity (Wildman–Crippen MR) is 109 cm³/mol. The highest BCUT2D eigenvalue weighted by molar-refractivity contribution is 5.94. The van der Waals surface area contributed by atoms with Gasteiger partial charge in [0.2, 0.25) is 0 Å². The predicted octanol–water partition coefficient (Wildman–Crippen LogP) is 4.70. The maximum atomic E-state index is 12.9. The van der Waals surface area contributed by atoms with Crippen molar-refractivity contribution >= 4 is 11.7 Å². The van der Waals surface area contributed by atoms with Gasteiger partial charge < -0.3 is 14.6 Å². The summed E-state index contributed by atoms with van der Waals surface area (Å²) in [6.45, 7) is 2.16. The summed E-state index contributed by atoms with van der Waals surface area (Å²) in [7, 11) is 0. The van der Waals surface area contributed by atoms with Crippen LogP contribution in [-0.2, 0) is 6.54 Å². The Labute approximate surface area is 165 Å². The number of hydrogen-bond donors (Lipinski definition) is 1. The van der Waals surface area contributed by atoms with E-state index in [-0.39, 0.29) is 5.91 Å². The molecule has 0 spiro atoms. The SMILES string of the molecule is O=C(c1ccc(NCc2ccco2)nc1)N1CCC[C@@H](c2ccccc2)CC1. The van der Waals surface area contributed by atoms with Gasteiger partial charge in [-0.3, -0.25) is 4.79 Å². The number of benzene rings is 1. The average Bonchev–Trinajstić information content (AvgIpc) is 3.15. The largest absolute Gasteiger partial charge is 0.467 e. The quantitative estimate of drug-likeness (QED) is 0.702. The number of carbonyl (C=O) groups excluding carboxylic acids is 1. The number of nitrogens with zero attached hydrogens (tertiary/aromatic N) is 2. The van der Waals surface area contributed by atoms with Crippen LogP contribution >= 0.6 is 0 Å². The van der Waals surface area contributed by atoms with Crippen molar-refractivity contribution in [2.24, 2.45) is 0 Å². The molecule has 5 nitrogen and oxygen atoms in total. The second kappa shape index (κ2) is 8.74. The van der Waals surface area contributed by atoms with Crippen molar-refractivity contribution in [3.05, 3.63) is 83.9 Å². The minimum Gasteiger partial charge on any atom is -0.467 e. The van der Waals surface area contributed by atoms with Crippen LogP contribution in [0.15, 0.2) is 71.5 Å². The molecule has 1 saturated heterocycles. The summed E-state index contributed by atoms with van der Waals surface area (Å²) >= 11 is 0. The van der Waals surface area contributed by atoms with Crippen LogP contribution in [0.3, 0.4) is 0 Å². The summed E-state index contributed by atoms with van der Waals surface area (Å²) in [4.78, 5) is 19.3. The molecular formula is C23H25N3O2. The van der Waals surface area contributed by atoms with Gasteiger partial charge in [-0.2, -0.15) is 0 Å². The topological polar surface area (TPSA) is 58.4 Å². The van der Waals surface area contributed by atoms with Crippen molar-refractivity contribution in [3.8, 4) is 0 Å². The van der Waals surface area contributed by atoms with E-state index in [1.165, 1.54) is 5.56 Å². The average molecular weight is 375 g/mol. The molecule has 1 amide bonds. The highest BCUT2D eigenvalue weighted by Crippen LogP contribution is 2.28. The molecule has 1 fully saturated rings. The van der Waals surface area contributed by atoms with E-state index in [1.807, 2.05) is 29.2 Å². The smallest absolute Gasteiger partial charge is 0.255 e. The van der Waals surface area contributed by atoms with Gasteiger partial charge in [-0.1, -0.05) is 30.3 Å². The van der Waals surface area contributed by atoms with Gasteiger partial charge in [0.1, 0.15) is 11.6 Å². The Morgan fingerprint density at radius 2 is 1.96 bits per heavy atom. The second-order valence-corrected chi connectivity index (χ2v) is 7.20. The molecule has 5 heteroatoms. The lowest BCUT2D eigenvalue weighted by molar-refractivity contribution is 0.0760. The summed E-state index contributed by atoms with van der Waals surface area (Å²) in [5, 5.41) is 3.20. The lowest BCUT2D eigenvalue weighted by atomic mass is 9.92. The highest BCUT2D eigenvalue weighted by Gasteiger charge is 2.22. The van der Waals surface area contributed by atoms with Crippen LogP contribution in [0, 0.1) is 0 Å². The molecule has 0 radical (unpaired) electrons. The second-order valence-electron chi connectivity index (χ2n) is 7.20. The van der Waals surface area contributed by atoms with Crippen LogP contribution in [0.25, 0.3) is 0 Å². The zero-order valence-corrected chi connectivity index (χ0v) is 15.9. The summed E-state index contributed by atoms with van der Waals surface area (Å²) < 4.78 is 5.30. The van der Waals surface area contributed by atoms with Gasteiger partial charge in [0.05, 0.1) is 18.4 Å². The van der Waals surface area contributed by atoms with Crippen LogP contribution < -0.4 is 5.32 Å². The number of hydrogen-bond acceptors (Lipinski definition) is 4. The number of nitrogens with one attached hydrogen (secondary N) is 1. The molecule has 1 aliphatic rings. The number of amides is 1. The maximum absolute atomic E-state index is 12.9. The third kappa shape index (κ3) is 4.42. The van der Waals surface area contributed by atoms with E-state index in [0.29, 0.717) is 18.0 Å². The Balaban J connectivity index is 1.34. The number of pyridine rings is 1. The van der Waals surface area contributed by atoms with Gasteiger partial charge in [0.15, 0.2) is 0 Å². The van der Waals surface area contributed by atoms with Gasteiger partial charge in [-0.25, -0.2) is 4.98 Å². The standard InChI is InChI=1S/C23H25N3O2/c27-23(20-10-11-22(24-16-20)25-17-21-9-5-15-28-21)26-13-4-8-19(12-14-26)18-6-2-1-3-7-18/h1-3,5-7,9-11,15-16,19H,4,8,12-14,17H2,(H,24,25)/t19-/m1/s1. The van der Waals surface area contributed by atoms with Crippen LogP contribution in [0.4, 0.5) is 5.82 Å². The van der Waals surface area contributed by atoms with Gasteiger partial charge in [0, 0.05) is 19.3 Å². The lowest BCUT2D eigenvalue weighted by Crippen LogP contribution is -2.32. The molecule has 2 aromatic heterocycles. The molecule has 0 saturated carbocycles. The normalized spacial score (nSPS) is 17.1. The molecule has 4 rings (SSSR count). The number of carbonyl (C=O) groups is 1. The number of furan rings is 1. The fraction of sp³-hybridized carbons (Fsp3) is 0.304. The van der Waals surface area contributed by atoms with Crippen LogP contribution in [0.2, 0.25) is 0 Å². The fourth-order valence-electron chi connectivity index (χ4n) is 3.76. The van der Waals surface area contributed by atoms with Crippen LogP contribution in [0.1, 0.15) is 46.9 Å². The van der Waals surface area contributed by atoms with Crippen molar-refractivity contribution in [1.82, 2.24) is 9.88 Å². The maximum Gasteiger partial charge on any atom is 0.255 e. The van der Waals surface area contributed by atoms with Crippen LogP contribution in [0.5, 0.6) is 0 Å². The van der Waals surface area contributed by atoms with Crippen molar-refractivity contribution in [2.75, 3.05) is 18.4 Å². The molecule has 1 N–H and O–H groups in total. The molecular weight excluding hydrogens is 350 g/mol. The summed E-state index contributed by atoms with van der Waals surface area (Å²) in [6, 6.07) is 18.1. The van der Waals surface area contributed by atoms with E-state index in [0.717, 1.165) is 43.9 Å². The molecule has 0 unspecified atom stereocenters. The summed E-state index contributed by atoms with van der Waals surface area (Å²) in [6.07, 6.45) is 6.47. The summed E-state index contributed by atoms with van der Waals surface area (Å²) in [5.74, 6) is 2.18. The molecule has 1 aliphatic heterocycles. The zero-order valence-electron chi connectivity index (χ0n) is 15.9. The molecule has 1 atom stereocenters. The van der Waals surface area contributed by atoms with E-state index < -0.39 is 0 Å². The molecule has 3 heterocycles. The minimum absolute atomic E-state index is 0.0683. The molecule has 1 aromatic carbocycles.